The third-order valence-electron chi connectivity index (χ3n) is 4.76. The zero-order valence-electron chi connectivity index (χ0n) is 17.3. The van der Waals surface area contributed by atoms with Crippen LogP contribution in [0.1, 0.15) is 57.2 Å². The predicted molar refractivity (Wildman–Crippen MR) is 105 cm³/mol. The molecule has 27 heavy (non-hydrogen) atoms. The molecule has 0 bridgehead atoms. The number of phenols is 1. The van der Waals surface area contributed by atoms with Gasteiger partial charge in [-0.25, -0.2) is 0 Å². The standard InChI is InChI=1S/C22H34O5/c1-15(2)11-18-13-17(12-16(3)20(18)24)7-8-19(23)27-14-22(4,5)21-25-9-6-10-26-21/h12-13,15,21,24H,6-11,14H2,1-5H3. The van der Waals surface area contributed by atoms with Gasteiger partial charge in [-0.1, -0.05) is 39.8 Å². The van der Waals surface area contributed by atoms with Crippen LogP contribution in [0, 0.1) is 18.3 Å². The van der Waals surface area contributed by atoms with Gasteiger partial charge in [0.25, 0.3) is 0 Å². The molecule has 2 rings (SSSR count). The number of benzene rings is 1. The van der Waals surface area contributed by atoms with Crippen molar-refractivity contribution < 1.29 is 24.1 Å². The van der Waals surface area contributed by atoms with E-state index in [0.717, 1.165) is 29.5 Å². The molecule has 5 heteroatoms. The monoisotopic (exact) mass is 378 g/mol. The average Bonchev–Trinajstić information content (AvgIpc) is 2.62. The summed E-state index contributed by atoms with van der Waals surface area (Å²) in [4.78, 5) is 12.2. The molecule has 0 saturated carbocycles. The van der Waals surface area contributed by atoms with Gasteiger partial charge >= 0.3 is 5.97 Å². The van der Waals surface area contributed by atoms with E-state index < -0.39 is 0 Å². The largest absolute Gasteiger partial charge is 0.507 e. The summed E-state index contributed by atoms with van der Waals surface area (Å²) < 4.78 is 16.8. The Bertz CT molecular complexity index is 630. The van der Waals surface area contributed by atoms with Gasteiger partial charge in [-0.05, 0) is 48.8 Å². The molecule has 0 radical (unpaired) electrons. The Labute approximate surface area is 163 Å². The molecule has 1 N–H and O–H groups in total. The molecule has 152 valence electrons. The lowest BCUT2D eigenvalue weighted by Crippen LogP contribution is -2.41. The number of phenolic OH excluding ortho intramolecular Hbond substituents is 1. The highest BCUT2D eigenvalue weighted by Crippen LogP contribution is 2.28. The van der Waals surface area contributed by atoms with E-state index in [1.165, 1.54) is 0 Å². The first-order valence-corrected chi connectivity index (χ1v) is 9.89. The van der Waals surface area contributed by atoms with Crippen molar-refractivity contribution in [3.63, 3.8) is 0 Å². The first-order valence-electron chi connectivity index (χ1n) is 9.89. The number of rotatable bonds is 8. The second-order valence-corrected chi connectivity index (χ2v) is 8.59. The van der Waals surface area contributed by atoms with Crippen molar-refractivity contribution in [2.75, 3.05) is 19.8 Å². The van der Waals surface area contributed by atoms with Crippen LogP contribution in [0.4, 0.5) is 0 Å². The quantitative estimate of drug-likeness (QED) is 0.688. The Morgan fingerprint density at radius 2 is 1.96 bits per heavy atom. The van der Waals surface area contributed by atoms with Crippen LogP contribution >= 0.6 is 0 Å². The lowest BCUT2D eigenvalue weighted by molar-refractivity contribution is -0.237. The molecule has 0 aliphatic carbocycles. The predicted octanol–water partition coefficient (Wildman–Crippen LogP) is 4.16. The zero-order chi connectivity index (χ0) is 20.0. The van der Waals surface area contributed by atoms with Crippen LogP contribution in [0.15, 0.2) is 12.1 Å². The van der Waals surface area contributed by atoms with E-state index in [2.05, 4.69) is 13.8 Å². The number of ether oxygens (including phenoxy) is 3. The number of hydrogen-bond donors (Lipinski definition) is 1. The lowest BCUT2D eigenvalue weighted by Gasteiger charge is -2.35. The van der Waals surface area contributed by atoms with Crippen molar-refractivity contribution in [1.29, 1.82) is 0 Å². The maximum atomic E-state index is 12.2. The second-order valence-electron chi connectivity index (χ2n) is 8.59. The highest BCUT2D eigenvalue weighted by molar-refractivity contribution is 5.69. The van der Waals surface area contributed by atoms with E-state index in [-0.39, 0.29) is 24.3 Å². The van der Waals surface area contributed by atoms with Crippen molar-refractivity contribution in [1.82, 2.24) is 0 Å². The topological polar surface area (TPSA) is 65.0 Å². The molecule has 1 aromatic carbocycles. The highest BCUT2D eigenvalue weighted by Gasteiger charge is 2.34. The Morgan fingerprint density at radius 3 is 2.59 bits per heavy atom. The number of esters is 1. The van der Waals surface area contributed by atoms with Crippen molar-refractivity contribution in [3.05, 3.63) is 28.8 Å². The van der Waals surface area contributed by atoms with Crippen LogP contribution in [0.2, 0.25) is 0 Å². The molecule has 5 nitrogen and oxygen atoms in total. The van der Waals surface area contributed by atoms with Crippen molar-refractivity contribution in [2.45, 2.75) is 66.6 Å². The van der Waals surface area contributed by atoms with E-state index in [1.54, 1.807) is 0 Å². The first-order chi connectivity index (χ1) is 12.7. The first kappa shape index (κ1) is 21.7. The summed E-state index contributed by atoms with van der Waals surface area (Å²) in [6.45, 7) is 11.7. The lowest BCUT2D eigenvalue weighted by atomic mass is 9.93. The minimum Gasteiger partial charge on any atom is -0.507 e. The Kier molecular flexibility index (Phi) is 7.68. The summed E-state index contributed by atoms with van der Waals surface area (Å²) in [7, 11) is 0. The molecule has 0 amide bonds. The normalized spacial score (nSPS) is 15.9. The highest BCUT2D eigenvalue weighted by atomic mass is 16.7. The number of aryl methyl sites for hydroxylation is 2. The molecule has 0 unspecified atom stereocenters. The third-order valence-corrected chi connectivity index (χ3v) is 4.76. The Hall–Kier alpha value is -1.59. The summed E-state index contributed by atoms with van der Waals surface area (Å²) in [6.07, 6.45) is 2.30. The van der Waals surface area contributed by atoms with Gasteiger partial charge in [-0.2, -0.15) is 0 Å². The second kappa shape index (κ2) is 9.56. The van der Waals surface area contributed by atoms with Gasteiger partial charge in [0.05, 0.1) is 13.2 Å². The summed E-state index contributed by atoms with van der Waals surface area (Å²) in [5, 5.41) is 10.2. The van der Waals surface area contributed by atoms with Crippen LogP contribution in [0.25, 0.3) is 0 Å². The van der Waals surface area contributed by atoms with Gasteiger partial charge in [0.15, 0.2) is 6.29 Å². The van der Waals surface area contributed by atoms with Gasteiger partial charge in [0, 0.05) is 11.8 Å². The van der Waals surface area contributed by atoms with Gasteiger partial charge in [-0.15, -0.1) is 0 Å². The van der Waals surface area contributed by atoms with Crippen molar-refractivity contribution in [3.8, 4) is 5.75 Å². The molecule has 0 spiro atoms. The molecule has 1 heterocycles. The van der Waals surface area contributed by atoms with Crippen LogP contribution in [-0.2, 0) is 31.8 Å². The van der Waals surface area contributed by atoms with E-state index in [1.807, 2.05) is 32.9 Å². The fourth-order valence-electron chi connectivity index (χ4n) is 3.27. The number of carbonyl (C=O) groups is 1. The zero-order valence-corrected chi connectivity index (χ0v) is 17.3. The van der Waals surface area contributed by atoms with Gasteiger partial charge in [0.2, 0.25) is 0 Å². The molecule has 1 saturated heterocycles. The van der Waals surface area contributed by atoms with E-state index in [4.69, 9.17) is 14.2 Å². The summed E-state index contributed by atoms with van der Waals surface area (Å²) in [5.41, 5.74) is 2.47. The molecule has 1 aliphatic heterocycles. The third kappa shape index (κ3) is 6.51. The van der Waals surface area contributed by atoms with E-state index >= 15 is 0 Å². The number of hydrogen-bond acceptors (Lipinski definition) is 5. The van der Waals surface area contributed by atoms with Gasteiger partial charge < -0.3 is 19.3 Å². The fourth-order valence-corrected chi connectivity index (χ4v) is 3.27. The number of carbonyl (C=O) groups excluding carboxylic acids is 1. The SMILES string of the molecule is Cc1cc(CCC(=O)OCC(C)(C)C2OCCCO2)cc(CC(C)C)c1O. The van der Waals surface area contributed by atoms with Crippen LogP contribution < -0.4 is 0 Å². The summed E-state index contributed by atoms with van der Waals surface area (Å²) in [6, 6.07) is 3.95. The summed E-state index contributed by atoms with van der Waals surface area (Å²) in [5.74, 6) is 0.598. The van der Waals surface area contributed by atoms with Crippen molar-refractivity contribution >= 4 is 5.97 Å². The smallest absolute Gasteiger partial charge is 0.306 e. The average molecular weight is 379 g/mol. The van der Waals surface area contributed by atoms with Crippen LogP contribution in [-0.4, -0.2) is 37.2 Å². The summed E-state index contributed by atoms with van der Waals surface area (Å²) >= 11 is 0. The van der Waals surface area contributed by atoms with Crippen LogP contribution in [0.3, 0.4) is 0 Å². The number of aromatic hydroxyl groups is 1. The molecule has 1 fully saturated rings. The molecule has 1 aromatic rings. The minimum atomic E-state index is -0.379. The molecule has 0 atom stereocenters. The minimum absolute atomic E-state index is 0.227. The molecule has 0 aromatic heterocycles. The van der Waals surface area contributed by atoms with Gasteiger partial charge in [-0.3, -0.25) is 4.79 Å². The van der Waals surface area contributed by atoms with Crippen LogP contribution in [0.5, 0.6) is 5.75 Å². The van der Waals surface area contributed by atoms with Crippen molar-refractivity contribution in [2.24, 2.45) is 11.3 Å². The maximum Gasteiger partial charge on any atom is 0.306 e. The Balaban J connectivity index is 1.87. The molecule has 1 aliphatic rings. The van der Waals surface area contributed by atoms with E-state index in [9.17, 15) is 9.90 Å². The fraction of sp³-hybridized carbons (Fsp3) is 0.682. The Morgan fingerprint density at radius 1 is 1.30 bits per heavy atom. The van der Waals surface area contributed by atoms with E-state index in [0.29, 0.717) is 37.7 Å². The molecular formula is C22H34O5. The van der Waals surface area contributed by atoms with Gasteiger partial charge in [0.1, 0.15) is 12.4 Å². The maximum absolute atomic E-state index is 12.2. The molecular weight excluding hydrogens is 344 g/mol.